The van der Waals surface area contributed by atoms with E-state index in [9.17, 15) is 9.59 Å². The number of amides is 2. The number of hydrogen-bond acceptors (Lipinski definition) is 2. The topological polar surface area (TPSA) is 37.4 Å². The van der Waals surface area contributed by atoms with E-state index in [1.165, 1.54) is 4.90 Å². The van der Waals surface area contributed by atoms with Crippen LogP contribution in [0, 0.1) is 6.92 Å². The van der Waals surface area contributed by atoms with Crippen LogP contribution in [0.2, 0.25) is 0 Å². The highest BCUT2D eigenvalue weighted by Gasteiger charge is 2.39. The average molecular weight is 320 g/mol. The van der Waals surface area contributed by atoms with Crippen LogP contribution in [0.15, 0.2) is 33.8 Å². The number of aryl methyl sites for hydroxylation is 1. The highest BCUT2D eigenvalue weighted by atomic mass is 79.9. The molecule has 0 N–H and O–H groups in total. The summed E-state index contributed by atoms with van der Waals surface area (Å²) < 4.78 is 0.980. The molecule has 0 saturated carbocycles. The molecule has 3 nitrogen and oxygen atoms in total. The predicted molar refractivity (Wildman–Crippen MR) is 76.9 cm³/mol. The van der Waals surface area contributed by atoms with E-state index in [4.69, 9.17) is 0 Å². The van der Waals surface area contributed by atoms with Crippen LogP contribution in [0.5, 0.6) is 0 Å². The minimum Gasteiger partial charge on any atom is -0.269 e. The van der Waals surface area contributed by atoms with Crippen LogP contribution in [0.25, 0.3) is 0 Å². The second-order valence-electron chi connectivity index (χ2n) is 5.04. The number of halogens is 1. The Morgan fingerprint density at radius 1 is 1.05 bits per heavy atom. The molecule has 3 rings (SSSR count). The van der Waals surface area contributed by atoms with E-state index >= 15 is 0 Å². The maximum Gasteiger partial charge on any atom is 0.261 e. The van der Waals surface area contributed by atoms with E-state index in [0.29, 0.717) is 5.69 Å². The highest BCUT2D eigenvalue weighted by molar-refractivity contribution is 9.10. The van der Waals surface area contributed by atoms with Crippen LogP contribution in [0.4, 0.5) is 5.69 Å². The minimum atomic E-state index is -0.124. The number of nitrogens with zero attached hydrogens (tertiary/aromatic N) is 1. The lowest BCUT2D eigenvalue weighted by atomic mass is 9.93. The maximum atomic E-state index is 12.4. The van der Waals surface area contributed by atoms with Crippen molar-refractivity contribution in [2.45, 2.75) is 32.6 Å². The molecule has 0 bridgehead atoms. The van der Waals surface area contributed by atoms with Gasteiger partial charge in [-0.25, -0.2) is 4.90 Å². The van der Waals surface area contributed by atoms with Gasteiger partial charge in [0.1, 0.15) is 0 Å². The van der Waals surface area contributed by atoms with Gasteiger partial charge in [0.2, 0.25) is 0 Å². The lowest BCUT2D eigenvalue weighted by molar-refractivity contribution is -0.120. The molecule has 2 aliphatic rings. The van der Waals surface area contributed by atoms with Crippen molar-refractivity contribution in [3.63, 3.8) is 0 Å². The third kappa shape index (κ3) is 1.94. The minimum absolute atomic E-state index is 0.124. The largest absolute Gasteiger partial charge is 0.269 e. The molecule has 0 aromatic heterocycles. The molecule has 19 heavy (non-hydrogen) atoms. The zero-order chi connectivity index (χ0) is 13.6. The van der Waals surface area contributed by atoms with Crippen LogP contribution in [0.1, 0.15) is 31.2 Å². The van der Waals surface area contributed by atoms with E-state index in [-0.39, 0.29) is 11.8 Å². The standard InChI is InChI=1S/C15H14BrNO2/c1-9-8-10(6-7-13(9)16)17-14(18)11-4-2-3-5-12(11)15(17)19/h6-8H,2-5H2,1H3. The summed E-state index contributed by atoms with van der Waals surface area (Å²) in [4.78, 5) is 26.1. The lowest BCUT2D eigenvalue weighted by Gasteiger charge is -2.16. The Balaban J connectivity index is 2.01. The summed E-state index contributed by atoms with van der Waals surface area (Å²) in [7, 11) is 0. The molecule has 1 aliphatic carbocycles. The summed E-state index contributed by atoms with van der Waals surface area (Å²) in [5.74, 6) is -0.247. The maximum absolute atomic E-state index is 12.4. The third-order valence-corrected chi connectivity index (χ3v) is 4.68. The fourth-order valence-corrected chi connectivity index (χ4v) is 2.99. The predicted octanol–water partition coefficient (Wildman–Crippen LogP) is 3.50. The van der Waals surface area contributed by atoms with Crippen molar-refractivity contribution in [1.29, 1.82) is 0 Å². The van der Waals surface area contributed by atoms with Crippen LogP contribution >= 0.6 is 15.9 Å². The molecule has 1 aliphatic heterocycles. The van der Waals surface area contributed by atoms with E-state index in [1.807, 2.05) is 25.1 Å². The van der Waals surface area contributed by atoms with Gasteiger partial charge in [-0.05, 0) is 56.4 Å². The lowest BCUT2D eigenvalue weighted by Crippen LogP contribution is -2.31. The molecule has 0 unspecified atom stereocenters. The zero-order valence-electron chi connectivity index (χ0n) is 10.7. The number of carbonyl (C=O) groups excluding carboxylic acids is 2. The Labute approximate surface area is 120 Å². The Hall–Kier alpha value is -1.42. The van der Waals surface area contributed by atoms with E-state index < -0.39 is 0 Å². The van der Waals surface area contributed by atoms with Gasteiger partial charge in [-0.3, -0.25) is 9.59 Å². The summed E-state index contributed by atoms with van der Waals surface area (Å²) >= 11 is 3.43. The first kappa shape index (κ1) is 12.6. The van der Waals surface area contributed by atoms with Crippen LogP contribution < -0.4 is 4.90 Å². The highest BCUT2D eigenvalue weighted by Crippen LogP contribution is 2.36. The van der Waals surface area contributed by atoms with E-state index in [2.05, 4.69) is 15.9 Å². The molecule has 0 fully saturated rings. The van der Waals surface area contributed by atoms with Gasteiger partial charge < -0.3 is 0 Å². The first-order chi connectivity index (χ1) is 9.09. The molecule has 0 atom stereocenters. The van der Waals surface area contributed by atoms with E-state index in [1.54, 1.807) is 0 Å². The van der Waals surface area contributed by atoms with E-state index in [0.717, 1.165) is 46.9 Å². The van der Waals surface area contributed by atoms with Gasteiger partial charge in [-0.15, -0.1) is 0 Å². The van der Waals surface area contributed by atoms with Crippen LogP contribution in [-0.4, -0.2) is 11.8 Å². The molecule has 1 aromatic rings. The molecule has 4 heteroatoms. The second-order valence-corrected chi connectivity index (χ2v) is 5.90. The van der Waals surface area contributed by atoms with Crippen molar-refractivity contribution in [2.75, 3.05) is 4.90 Å². The Morgan fingerprint density at radius 3 is 2.16 bits per heavy atom. The molecule has 1 aromatic carbocycles. The SMILES string of the molecule is Cc1cc(N2C(=O)C3=C(CCCC3)C2=O)ccc1Br. The molecule has 0 saturated heterocycles. The molecular weight excluding hydrogens is 306 g/mol. The number of benzene rings is 1. The van der Waals surface area contributed by atoms with Crippen molar-refractivity contribution in [2.24, 2.45) is 0 Å². The summed E-state index contributed by atoms with van der Waals surface area (Å²) in [6, 6.07) is 5.56. The van der Waals surface area contributed by atoms with Gasteiger partial charge in [0.25, 0.3) is 11.8 Å². The van der Waals surface area contributed by atoms with Crippen molar-refractivity contribution in [3.8, 4) is 0 Å². The van der Waals surface area contributed by atoms with Crippen molar-refractivity contribution in [3.05, 3.63) is 39.4 Å². The number of anilines is 1. The van der Waals surface area contributed by atoms with Gasteiger partial charge in [0.05, 0.1) is 5.69 Å². The number of carbonyl (C=O) groups is 2. The smallest absolute Gasteiger partial charge is 0.261 e. The van der Waals surface area contributed by atoms with Crippen molar-refractivity contribution < 1.29 is 9.59 Å². The van der Waals surface area contributed by atoms with Crippen molar-refractivity contribution >= 4 is 33.4 Å². The zero-order valence-corrected chi connectivity index (χ0v) is 12.3. The van der Waals surface area contributed by atoms with Gasteiger partial charge in [0.15, 0.2) is 0 Å². The third-order valence-electron chi connectivity index (χ3n) is 3.79. The molecule has 0 spiro atoms. The first-order valence-corrected chi connectivity index (χ1v) is 7.26. The number of hydrogen-bond donors (Lipinski definition) is 0. The van der Waals surface area contributed by atoms with Crippen LogP contribution in [0.3, 0.4) is 0 Å². The molecule has 1 heterocycles. The Bertz CT molecular complexity index is 591. The molecule has 98 valence electrons. The summed E-state index contributed by atoms with van der Waals surface area (Å²) in [5, 5.41) is 0. The Kier molecular flexibility index (Phi) is 3.05. The fraction of sp³-hybridized carbons (Fsp3) is 0.333. The average Bonchev–Trinajstić information content (AvgIpc) is 2.66. The van der Waals surface area contributed by atoms with Gasteiger partial charge in [0, 0.05) is 15.6 Å². The molecule has 0 radical (unpaired) electrons. The van der Waals surface area contributed by atoms with Gasteiger partial charge in [-0.1, -0.05) is 15.9 Å². The van der Waals surface area contributed by atoms with Gasteiger partial charge in [-0.2, -0.15) is 0 Å². The Morgan fingerprint density at radius 2 is 1.63 bits per heavy atom. The quantitative estimate of drug-likeness (QED) is 0.743. The van der Waals surface area contributed by atoms with Crippen LogP contribution in [-0.2, 0) is 9.59 Å². The van der Waals surface area contributed by atoms with Crippen molar-refractivity contribution in [1.82, 2.24) is 0 Å². The molecule has 2 amide bonds. The summed E-state index contributed by atoms with van der Waals surface area (Å²) in [5.41, 5.74) is 3.15. The molecular formula is C15H14BrNO2. The first-order valence-electron chi connectivity index (χ1n) is 6.46. The monoisotopic (exact) mass is 319 g/mol. The summed E-state index contributed by atoms with van der Waals surface area (Å²) in [6.45, 7) is 1.95. The van der Waals surface area contributed by atoms with Gasteiger partial charge >= 0.3 is 0 Å². The summed E-state index contributed by atoms with van der Waals surface area (Å²) in [6.07, 6.45) is 3.49. The second kappa shape index (κ2) is 4.60. The number of rotatable bonds is 1. The normalized spacial score (nSPS) is 19.2. The fourth-order valence-electron chi connectivity index (χ4n) is 2.74. The number of imide groups is 1.